The standard InChI is InChI=1S/C29H23N3O8/c33-27(26-16-23(32(38)39)13-14-25(26)29(36)37)30-21-9-5-18(6-10-21)15-19-7-11-22(12-8-19)31-40-17-20-3-1-2-4-24(20)28(34)35/h1-14,16,31H,15,17H2,(H,30,33)(H,34,35)(H,36,37). The Labute approximate surface area is 227 Å². The van der Waals surface area contributed by atoms with Crippen LogP contribution in [0.4, 0.5) is 17.1 Å². The van der Waals surface area contributed by atoms with E-state index in [0.717, 1.165) is 29.3 Å². The molecule has 0 aliphatic carbocycles. The molecule has 4 N–H and O–H groups in total. The first-order chi connectivity index (χ1) is 19.2. The number of nitro benzene ring substituents is 1. The first-order valence-electron chi connectivity index (χ1n) is 11.9. The Morgan fingerprint density at radius 3 is 1.95 bits per heavy atom. The van der Waals surface area contributed by atoms with Crippen molar-refractivity contribution >= 4 is 34.9 Å². The van der Waals surface area contributed by atoms with Gasteiger partial charge in [0.1, 0.15) is 6.61 Å². The van der Waals surface area contributed by atoms with Gasteiger partial charge < -0.3 is 15.5 Å². The summed E-state index contributed by atoms with van der Waals surface area (Å²) in [5.74, 6) is -3.16. The van der Waals surface area contributed by atoms with E-state index in [9.17, 15) is 34.7 Å². The third-order valence-electron chi connectivity index (χ3n) is 5.93. The summed E-state index contributed by atoms with van der Waals surface area (Å²) in [6, 6.07) is 24.0. The zero-order chi connectivity index (χ0) is 28.6. The van der Waals surface area contributed by atoms with Crippen LogP contribution in [0.3, 0.4) is 0 Å². The number of carbonyl (C=O) groups excluding carboxylic acids is 1. The molecule has 0 aliphatic rings. The highest BCUT2D eigenvalue weighted by Crippen LogP contribution is 2.21. The largest absolute Gasteiger partial charge is 0.478 e. The molecule has 0 radical (unpaired) electrons. The van der Waals surface area contributed by atoms with Crippen LogP contribution in [0.1, 0.15) is 47.8 Å². The maximum absolute atomic E-state index is 12.7. The lowest BCUT2D eigenvalue weighted by atomic mass is 10.0. The highest BCUT2D eigenvalue weighted by Gasteiger charge is 2.21. The molecule has 4 aromatic carbocycles. The van der Waals surface area contributed by atoms with E-state index in [2.05, 4.69) is 10.8 Å². The van der Waals surface area contributed by atoms with Crippen LogP contribution in [-0.4, -0.2) is 33.0 Å². The number of nitro groups is 1. The van der Waals surface area contributed by atoms with Crippen molar-refractivity contribution < 1.29 is 34.4 Å². The van der Waals surface area contributed by atoms with Crippen LogP contribution < -0.4 is 10.8 Å². The molecule has 11 nitrogen and oxygen atoms in total. The molecule has 0 saturated carbocycles. The van der Waals surface area contributed by atoms with Crippen molar-refractivity contribution in [2.45, 2.75) is 13.0 Å². The summed E-state index contributed by atoms with van der Waals surface area (Å²) in [4.78, 5) is 51.3. The molecule has 40 heavy (non-hydrogen) atoms. The molecular formula is C29H23N3O8. The number of carboxylic acids is 2. The molecule has 4 rings (SSSR count). The monoisotopic (exact) mass is 541 g/mol. The van der Waals surface area contributed by atoms with E-state index in [1.54, 1.807) is 42.5 Å². The van der Waals surface area contributed by atoms with Gasteiger partial charge in [-0.05, 0) is 59.5 Å². The molecule has 0 unspecified atom stereocenters. The summed E-state index contributed by atoms with van der Waals surface area (Å²) in [6.07, 6.45) is 0.593. The van der Waals surface area contributed by atoms with Crippen LogP contribution in [0, 0.1) is 10.1 Å². The number of anilines is 2. The molecule has 0 fully saturated rings. The highest BCUT2D eigenvalue weighted by atomic mass is 16.6. The zero-order valence-corrected chi connectivity index (χ0v) is 20.9. The molecule has 4 aromatic rings. The van der Waals surface area contributed by atoms with Gasteiger partial charge in [0.15, 0.2) is 0 Å². The molecule has 0 heterocycles. The van der Waals surface area contributed by atoms with Crippen LogP contribution in [0.5, 0.6) is 0 Å². The van der Waals surface area contributed by atoms with E-state index in [1.165, 1.54) is 6.07 Å². The van der Waals surface area contributed by atoms with Gasteiger partial charge in [0.25, 0.3) is 11.6 Å². The molecule has 0 atom stereocenters. The summed E-state index contributed by atoms with van der Waals surface area (Å²) in [6.45, 7) is 0.0753. The van der Waals surface area contributed by atoms with Crippen LogP contribution in [-0.2, 0) is 17.9 Å². The van der Waals surface area contributed by atoms with Crippen LogP contribution >= 0.6 is 0 Å². The van der Waals surface area contributed by atoms with Crippen molar-refractivity contribution in [2.75, 3.05) is 10.8 Å². The number of hydrogen-bond donors (Lipinski definition) is 4. The fourth-order valence-corrected chi connectivity index (χ4v) is 3.90. The Balaban J connectivity index is 1.33. The maximum atomic E-state index is 12.7. The van der Waals surface area contributed by atoms with Crippen molar-refractivity contribution in [3.8, 4) is 0 Å². The van der Waals surface area contributed by atoms with Crippen LogP contribution in [0.25, 0.3) is 0 Å². The number of non-ortho nitro benzene ring substituents is 1. The van der Waals surface area contributed by atoms with Gasteiger partial charge in [-0.3, -0.25) is 25.2 Å². The zero-order valence-electron chi connectivity index (χ0n) is 20.9. The minimum absolute atomic E-state index is 0.0753. The predicted molar refractivity (Wildman–Crippen MR) is 146 cm³/mol. The first kappa shape index (κ1) is 27.5. The maximum Gasteiger partial charge on any atom is 0.336 e. The van der Waals surface area contributed by atoms with E-state index in [-0.39, 0.29) is 29.0 Å². The van der Waals surface area contributed by atoms with Gasteiger partial charge in [0.2, 0.25) is 0 Å². The Hall–Kier alpha value is -5.55. The first-order valence-corrected chi connectivity index (χ1v) is 11.9. The molecule has 1 amide bonds. The molecule has 0 spiro atoms. The quantitative estimate of drug-likeness (QED) is 0.144. The number of nitrogens with one attached hydrogen (secondary N) is 2. The lowest BCUT2D eigenvalue weighted by molar-refractivity contribution is -0.384. The molecule has 0 bridgehead atoms. The highest BCUT2D eigenvalue weighted by molar-refractivity contribution is 6.11. The van der Waals surface area contributed by atoms with Crippen LogP contribution in [0.2, 0.25) is 0 Å². The molecule has 0 aromatic heterocycles. The summed E-state index contributed by atoms with van der Waals surface area (Å²) in [7, 11) is 0. The summed E-state index contributed by atoms with van der Waals surface area (Å²) < 4.78 is 0. The second-order valence-corrected chi connectivity index (χ2v) is 8.67. The lowest BCUT2D eigenvalue weighted by Crippen LogP contribution is -2.16. The van der Waals surface area contributed by atoms with E-state index in [0.29, 0.717) is 23.4 Å². The molecular weight excluding hydrogens is 518 g/mol. The van der Waals surface area contributed by atoms with Gasteiger partial charge >= 0.3 is 11.9 Å². The number of nitrogens with zero attached hydrogens (tertiary/aromatic N) is 1. The van der Waals surface area contributed by atoms with Gasteiger partial charge in [0, 0.05) is 17.8 Å². The number of benzene rings is 4. The fraction of sp³-hybridized carbons (Fsp3) is 0.0690. The van der Waals surface area contributed by atoms with Gasteiger partial charge in [-0.15, -0.1) is 0 Å². The topological polar surface area (TPSA) is 168 Å². The van der Waals surface area contributed by atoms with Crippen molar-refractivity contribution in [1.82, 2.24) is 0 Å². The molecule has 0 saturated heterocycles. The summed E-state index contributed by atoms with van der Waals surface area (Å²) in [5.41, 5.74) is 5.53. The minimum Gasteiger partial charge on any atom is -0.478 e. The average Bonchev–Trinajstić information content (AvgIpc) is 2.94. The number of hydrogen-bond acceptors (Lipinski definition) is 7. The number of amides is 1. The third kappa shape index (κ3) is 6.85. The number of aromatic carboxylic acids is 2. The number of rotatable bonds is 11. The van der Waals surface area contributed by atoms with Gasteiger partial charge in [-0.25, -0.2) is 9.59 Å². The Morgan fingerprint density at radius 2 is 1.35 bits per heavy atom. The summed E-state index contributed by atoms with van der Waals surface area (Å²) in [5, 5.41) is 32.2. The normalized spacial score (nSPS) is 10.5. The van der Waals surface area contributed by atoms with Gasteiger partial charge in [-0.1, -0.05) is 42.5 Å². The minimum atomic E-state index is -1.37. The van der Waals surface area contributed by atoms with Crippen molar-refractivity contribution in [1.29, 1.82) is 0 Å². The van der Waals surface area contributed by atoms with Crippen LogP contribution in [0.15, 0.2) is 91.0 Å². The Morgan fingerprint density at radius 1 is 0.750 bits per heavy atom. The van der Waals surface area contributed by atoms with Crippen molar-refractivity contribution in [3.63, 3.8) is 0 Å². The van der Waals surface area contributed by atoms with Crippen molar-refractivity contribution in [2.24, 2.45) is 0 Å². The van der Waals surface area contributed by atoms with Gasteiger partial charge in [0.05, 0.1) is 27.3 Å². The average molecular weight is 542 g/mol. The predicted octanol–water partition coefficient (Wildman–Crippen LogP) is 5.38. The third-order valence-corrected chi connectivity index (χ3v) is 5.93. The summed E-state index contributed by atoms with van der Waals surface area (Å²) >= 11 is 0. The van der Waals surface area contributed by atoms with E-state index in [1.807, 2.05) is 24.3 Å². The van der Waals surface area contributed by atoms with E-state index >= 15 is 0 Å². The number of carbonyl (C=O) groups is 3. The second-order valence-electron chi connectivity index (χ2n) is 8.67. The molecule has 0 aliphatic heterocycles. The fourth-order valence-electron chi connectivity index (χ4n) is 3.90. The molecule has 202 valence electrons. The SMILES string of the molecule is O=C(O)c1ccccc1CONc1ccc(Cc2ccc(NC(=O)c3cc([N+](=O)[O-])ccc3C(=O)O)cc2)cc1. The Kier molecular flexibility index (Phi) is 8.47. The Bertz CT molecular complexity index is 1570. The lowest BCUT2D eigenvalue weighted by Gasteiger charge is -2.10. The number of carboxylic acid groups (broad SMARTS) is 2. The van der Waals surface area contributed by atoms with E-state index in [4.69, 9.17) is 4.84 Å². The van der Waals surface area contributed by atoms with E-state index < -0.39 is 22.8 Å². The molecule has 11 heteroatoms. The van der Waals surface area contributed by atoms with Gasteiger partial charge in [-0.2, -0.15) is 0 Å². The second kappa shape index (κ2) is 12.3. The van der Waals surface area contributed by atoms with Crippen molar-refractivity contribution in [3.05, 3.63) is 134 Å². The smallest absolute Gasteiger partial charge is 0.336 e.